The van der Waals surface area contributed by atoms with Crippen molar-refractivity contribution in [1.82, 2.24) is 19.9 Å². The fourth-order valence-corrected chi connectivity index (χ4v) is 2.53. The van der Waals surface area contributed by atoms with Crippen LogP contribution in [0.4, 0.5) is 0 Å². The number of benzene rings is 2. The molecule has 0 radical (unpaired) electrons. The van der Waals surface area contributed by atoms with Crippen molar-refractivity contribution < 1.29 is 0 Å². The van der Waals surface area contributed by atoms with Gasteiger partial charge in [0.2, 0.25) is 0 Å². The van der Waals surface area contributed by atoms with Crippen molar-refractivity contribution in [3.8, 4) is 33.9 Å². The third kappa shape index (κ3) is 2.90. The molecule has 0 aliphatic carbocycles. The summed E-state index contributed by atoms with van der Waals surface area (Å²) in [6, 6.07) is 22.0. The first-order valence-electron chi connectivity index (χ1n) is 7.65. The zero-order valence-electron chi connectivity index (χ0n) is 12.9. The van der Waals surface area contributed by atoms with Crippen LogP contribution in [-0.4, -0.2) is 19.9 Å². The summed E-state index contributed by atoms with van der Waals surface area (Å²) in [5, 5.41) is 0. The first-order valence-corrected chi connectivity index (χ1v) is 7.65. The van der Waals surface area contributed by atoms with Crippen LogP contribution in [0.15, 0.2) is 85.5 Å². The second-order valence-corrected chi connectivity index (χ2v) is 5.32. The molecule has 0 saturated heterocycles. The monoisotopic (exact) mass is 310 g/mol. The smallest absolute Gasteiger partial charge is 0.163 e. The minimum Gasteiger partial charge on any atom is -0.264 e. The van der Waals surface area contributed by atoms with Crippen LogP contribution in [0.3, 0.4) is 0 Å². The molecule has 2 heterocycles. The van der Waals surface area contributed by atoms with E-state index >= 15 is 0 Å². The predicted octanol–water partition coefficient (Wildman–Crippen LogP) is 4.27. The highest BCUT2D eigenvalue weighted by atomic mass is 15.0. The van der Waals surface area contributed by atoms with E-state index < -0.39 is 0 Å². The number of nitrogens with zero attached hydrogens (tertiary/aromatic N) is 4. The average Bonchev–Trinajstić information content (AvgIpc) is 2.70. The van der Waals surface area contributed by atoms with Crippen molar-refractivity contribution in [1.29, 1.82) is 0 Å². The Kier molecular flexibility index (Phi) is 3.78. The number of pyridine rings is 1. The van der Waals surface area contributed by atoms with Crippen LogP contribution < -0.4 is 0 Å². The van der Waals surface area contributed by atoms with E-state index in [4.69, 9.17) is 0 Å². The lowest BCUT2D eigenvalue weighted by Gasteiger charge is -2.06. The zero-order valence-corrected chi connectivity index (χ0v) is 12.9. The van der Waals surface area contributed by atoms with Crippen LogP contribution in [0, 0.1) is 0 Å². The third-order valence-electron chi connectivity index (χ3n) is 3.72. The van der Waals surface area contributed by atoms with Gasteiger partial charge in [-0.1, -0.05) is 54.6 Å². The van der Waals surface area contributed by atoms with Gasteiger partial charge in [-0.3, -0.25) is 4.98 Å². The molecule has 2 aromatic carbocycles. The quantitative estimate of drug-likeness (QED) is 0.567. The van der Waals surface area contributed by atoms with Crippen LogP contribution in [0.2, 0.25) is 0 Å². The van der Waals surface area contributed by atoms with Gasteiger partial charge >= 0.3 is 0 Å². The Hall–Kier alpha value is -3.40. The van der Waals surface area contributed by atoms with Gasteiger partial charge in [-0.05, 0) is 17.7 Å². The molecule has 2 aromatic heterocycles. The van der Waals surface area contributed by atoms with Gasteiger partial charge in [-0.15, -0.1) is 0 Å². The molecule has 24 heavy (non-hydrogen) atoms. The Morgan fingerprint density at radius 3 is 2.08 bits per heavy atom. The summed E-state index contributed by atoms with van der Waals surface area (Å²) in [6.07, 6.45) is 5.18. The molecule has 4 rings (SSSR count). The first kappa shape index (κ1) is 14.2. The van der Waals surface area contributed by atoms with Gasteiger partial charge in [0.05, 0.1) is 0 Å². The summed E-state index contributed by atoms with van der Waals surface area (Å²) >= 11 is 0. The first-order chi connectivity index (χ1) is 11.9. The molecule has 0 unspecified atom stereocenters. The largest absolute Gasteiger partial charge is 0.264 e. The number of hydrogen-bond donors (Lipinski definition) is 0. The molecule has 114 valence electrons. The van der Waals surface area contributed by atoms with E-state index in [2.05, 4.69) is 32.1 Å². The maximum absolute atomic E-state index is 4.61. The Bertz CT molecular complexity index is 872. The van der Waals surface area contributed by atoms with Crippen molar-refractivity contribution in [2.75, 3.05) is 0 Å². The summed E-state index contributed by atoms with van der Waals surface area (Å²) in [7, 11) is 0. The van der Waals surface area contributed by atoms with Crippen LogP contribution in [0.1, 0.15) is 0 Å². The van der Waals surface area contributed by atoms with E-state index in [1.165, 1.54) is 0 Å². The second kappa shape index (κ2) is 6.38. The Morgan fingerprint density at radius 1 is 0.583 bits per heavy atom. The zero-order chi connectivity index (χ0) is 16.2. The van der Waals surface area contributed by atoms with Gasteiger partial charge in [-0.2, -0.15) is 0 Å². The van der Waals surface area contributed by atoms with Gasteiger partial charge in [-0.25, -0.2) is 15.0 Å². The number of aromatic nitrogens is 4. The number of rotatable bonds is 3. The highest BCUT2D eigenvalue weighted by Gasteiger charge is 2.07. The third-order valence-corrected chi connectivity index (χ3v) is 3.72. The minimum absolute atomic E-state index is 0.662. The summed E-state index contributed by atoms with van der Waals surface area (Å²) in [4.78, 5) is 17.4. The summed E-state index contributed by atoms with van der Waals surface area (Å²) in [6.45, 7) is 0. The Morgan fingerprint density at radius 2 is 1.29 bits per heavy atom. The van der Waals surface area contributed by atoms with E-state index in [9.17, 15) is 0 Å². The van der Waals surface area contributed by atoms with Gasteiger partial charge in [0.15, 0.2) is 11.6 Å². The van der Waals surface area contributed by atoms with Gasteiger partial charge in [0.1, 0.15) is 6.33 Å². The van der Waals surface area contributed by atoms with E-state index in [0.29, 0.717) is 11.6 Å². The second-order valence-electron chi connectivity index (χ2n) is 5.32. The van der Waals surface area contributed by atoms with Crippen molar-refractivity contribution in [2.45, 2.75) is 0 Å². The molecule has 0 spiro atoms. The number of hydrogen-bond acceptors (Lipinski definition) is 4. The Balaban J connectivity index is 1.75. The summed E-state index contributed by atoms with van der Waals surface area (Å²) in [5.74, 6) is 1.34. The van der Waals surface area contributed by atoms with E-state index in [1.54, 1.807) is 12.5 Å². The molecule has 0 atom stereocenters. The fourth-order valence-electron chi connectivity index (χ4n) is 2.53. The maximum atomic E-state index is 4.61. The lowest BCUT2D eigenvalue weighted by atomic mass is 10.0. The lowest BCUT2D eigenvalue weighted by molar-refractivity contribution is 1.07. The van der Waals surface area contributed by atoms with Crippen molar-refractivity contribution >= 4 is 0 Å². The van der Waals surface area contributed by atoms with Crippen LogP contribution in [0.25, 0.3) is 33.9 Å². The molecular formula is C20H14N4. The SMILES string of the molecule is c1ccc(-c2ncnc(-c3cccc(-c4cccnc4)c3)n2)cc1. The average molecular weight is 310 g/mol. The molecule has 0 bridgehead atoms. The van der Waals surface area contributed by atoms with E-state index in [1.807, 2.05) is 60.8 Å². The van der Waals surface area contributed by atoms with E-state index in [-0.39, 0.29) is 0 Å². The topological polar surface area (TPSA) is 51.6 Å². The van der Waals surface area contributed by atoms with Gasteiger partial charge < -0.3 is 0 Å². The van der Waals surface area contributed by atoms with Crippen molar-refractivity contribution in [3.63, 3.8) is 0 Å². The molecule has 4 nitrogen and oxygen atoms in total. The highest BCUT2D eigenvalue weighted by Crippen LogP contribution is 2.24. The molecule has 4 heteroatoms. The van der Waals surface area contributed by atoms with Crippen LogP contribution in [-0.2, 0) is 0 Å². The summed E-state index contributed by atoms with van der Waals surface area (Å²) < 4.78 is 0. The fraction of sp³-hybridized carbons (Fsp3) is 0. The van der Waals surface area contributed by atoms with E-state index in [0.717, 1.165) is 22.3 Å². The maximum Gasteiger partial charge on any atom is 0.163 e. The molecule has 0 aliphatic rings. The molecular weight excluding hydrogens is 296 g/mol. The molecule has 0 N–H and O–H groups in total. The molecule has 0 fully saturated rings. The standard InChI is InChI=1S/C20H14N4/c1-2-6-15(7-3-1)19-22-14-23-20(24-19)17-9-4-8-16(12-17)18-10-5-11-21-13-18/h1-14H. The summed E-state index contributed by atoms with van der Waals surface area (Å²) in [5.41, 5.74) is 4.08. The minimum atomic E-state index is 0.662. The van der Waals surface area contributed by atoms with Gasteiger partial charge in [0, 0.05) is 29.1 Å². The van der Waals surface area contributed by atoms with Crippen LogP contribution in [0.5, 0.6) is 0 Å². The highest BCUT2D eigenvalue weighted by molar-refractivity contribution is 5.70. The molecule has 4 aromatic rings. The molecule has 0 amide bonds. The van der Waals surface area contributed by atoms with Crippen LogP contribution >= 0.6 is 0 Å². The molecule has 0 saturated carbocycles. The normalized spacial score (nSPS) is 10.5. The lowest BCUT2D eigenvalue weighted by Crippen LogP contribution is -1.95. The molecule has 0 aliphatic heterocycles. The Labute approximate surface area is 139 Å². The van der Waals surface area contributed by atoms with Crippen molar-refractivity contribution in [2.24, 2.45) is 0 Å². The predicted molar refractivity (Wildman–Crippen MR) is 93.9 cm³/mol. The van der Waals surface area contributed by atoms with Crippen molar-refractivity contribution in [3.05, 3.63) is 85.5 Å². The van der Waals surface area contributed by atoms with Gasteiger partial charge in [0.25, 0.3) is 0 Å².